The number of nitrogens with zero attached hydrogens (tertiary/aromatic N) is 3. The van der Waals surface area contributed by atoms with Crippen LogP contribution in [-0.2, 0) is 16.3 Å². The number of ether oxygens (including phenoxy) is 2. The van der Waals surface area contributed by atoms with Gasteiger partial charge in [-0.2, -0.15) is 0 Å². The average Bonchev–Trinajstić information content (AvgIpc) is 3.27. The van der Waals surface area contributed by atoms with Crippen molar-refractivity contribution in [1.29, 1.82) is 4.78 Å². The molecule has 7 nitrogen and oxygen atoms in total. The van der Waals surface area contributed by atoms with Gasteiger partial charge in [0.2, 0.25) is 0 Å². The summed E-state index contributed by atoms with van der Waals surface area (Å²) in [6.45, 7) is 3.14. The fourth-order valence-corrected chi connectivity index (χ4v) is 4.83. The molecule has 1 saturated heterocycles. The van der Waals surface area contributed by atoms with Crippen LogP contribution in [0.25, 0.3) is 11.4 Å². The monoisotopic (exact) mass is 450 g/mol. The van der Waals surface area contributed by atoms with E-state index in [9.17, 15) is 4.21 Å². The number of hydrogen-bond acceptors (Lipinski definition) is 7. The number of likely N-dealkylation sites (tertiary alicyclic amines) is 1. The lowest BCUT2D eigenvalue weighted by Gasteiger charge is -2.26. The Morgan fingerprint density at radius 2 is 1.78 bits per heavy atom. The zero-order valence-corrected chi connectivity index (χ0v) is 18.8. The lowest BCUT2D eigenvalue weighted by Crippen LogP contribution is -2.23. The molecule has 1 aromatic heterocycles. The van der Waals surface area contributed by atoms with Gasteiger partial charge in [0, 0.05) is 36.8 Å². The van der Waals surface area contributed by atoms with Crippen LogP contribution in [0.15, 0.2) is 59.8 Å². The molecule has 2 aliphatic rings. The molecule has 8 heteroatoms. The molecule has 0 radical (unpaired) electrons. The van der Waals surface area contributed by atoms with Gasteiger partial charge in [-0.05, 0) is 42.6 Å². The van der Waals surface area contributed by atoms with E-state index in [1.807, 2.05) is 18.2 Å². The van der Waals surface area contributed by atoms with Gasteiger partial charge in [-0.3, -0.25) is 4.90 Å². The Morgan fingerprint density at radius 3 is 2.50 bits per heavy atom. The highest BCUT2D eigenvalue weighted by atomic mass is 32.2. The predicted molar refractivity (Wildman–Crippen MR) is 122 cm³/mol. The standard InChI is InChI=1S/C24H26N4O3S/c1-32(25,29)20-14-26-24(27-15-20)18-6-4-17(5-7-18)16-28-10-2-3-21(28)19-8-9-22-23(13-19)31-12-11-30-22/h4-9,13-15,21,25H,2-3,10-12,16H2,1H3/t21?,32-/m1/s1. The molecule has 5 rings (SSSR count). The first kappa shape index (κ1) is 20.9. The van der Waals surface area contributed by atoms with Crippen molar-refractivity contribution in [1.82, 2.24) is 14.9 Å². The fourth-order valence-electron chi connectivity index (χ4n) is 4.32. The van der Waals surface area contributed by atoms with Gasteiger partial charge in [0.25, 0.3) is 0 Å². The topological polar surface area (TPSA) is 88.4 Å². The van der Waals surface area contributed by atoms with Crippen LogP contribution < -0.4 is 9.47 Å². The highest BCUT2D eigenvalue weighted by Crippen LogP contribution is 2.38. The van der Waals surface area contributed by atoms with Crippen molar-refractivity contribution >= 4 is 9.73 Å². The first-order chi connectivity index (χ1) is 15.5. The Balaban J connectivity index is 1.30. The van der Waals surface area contributed by atoms with Gasteiger partial charge < -0.3 is 9.47 Å². The summed E-state index contributed by atoms with van der Waals surface area (Å²) in [4.78, 5) is 11.4. The van der Waals surface area contributed by atoms with Gasteiger partial charge in [0.1, 0.15) is 13.2 Å². The molecule has 2 aliphatic heterocycles. The Kier molecular flexibility index (Phi) is 5.57. The summed E-state index contributed by atoms with van der Waals surface area (Å²) in [6, 6.07) is 14.9. The average molecular weight is 451 g/mol. The van der Waals surface area contributed by atoms with Gasteiger partial charge in [0.15, 0.2) is 17.3 Å². The lowest BCUT2D eigenvalue weighted by atomic mass is 10.0. The largest absolute Gasteiger partial charge is 0.486 e. The Hall–Kier alpha value is -2.97. The maximum absolute atomic E-state index is 11.8. The number of hydrogen-bond donors (Lipinski definition) is 1. The van der Waals surface area contributed by atoms with Crippen molar-refractivity contribution in [2.45, 2.75) is 30.3 Å². The van der Waals surface area contributed by atoms with Gasteiger partial charge in [-0.15, -0.1) is 0 Å². The first-order valence-corrected chi connectivity index (χ1v) is 12.7. The molecule has 0 bridgehead atoms. The molecular weight excluding hydrogens is 424 g/mol. The van der Waals surface area contributed by atoms with Crippen molar-refractivity contribution in [3.8, 4) is 22.9 Å². The van der Waals surface area contributed by atoms with E-state index in [4.69, 9.17) is 14.3 Å². The Labute approximate surface area is 188 Å². The van der Waals surface area contributed by atoms with E-state index in [0.29, 0.717) is 30.0 Å². The fraction of sp³-hybridized carbons (Fsp3) is 0.333. The van der Waals surface area contributed by atoms with Crippen LogP contribution in [0.3, 0.4) is 0 Å². The van der Waals surface area contributed by atoms with Gasteiger partial charge >= 0.3 is 0 Å². The second-order valence-corrected chi connectivity index (χ2v) is 10.5. The summed E-state index contributed by atoms with van der Waals surface area (Å²) in [7, 11) is -2.80. The highest BCUT2D eigenvalue weighted by Gasteiger charge is 2.27. The van der Waals surface area contributed by atoms with Crippen LogP contribution in [0.4, 0.5) is 0 Å². The maximum atomic E-state index is 11.8. The third-order valence-corrected chi connectivity index (χ3v) is 7.10. The van der Waals surface area contributed by atoms with Crippen LogP contribution in [0.5, 0.6) is 11.5 Å². The van der Waals surface area contributed by atoms with E-state index >= 15 is 0 Å². The van der Waals surface area contributed by atoms with Crippen LogP contribution >= 0.6 is 0 Å². The summed E-state index contributed by atoms with van der Waals surface area (Å²) >= 11 is 0. The van der Waals surface area contributed by atoms with Gasteiger partial charge in [0.05, 0.1) is 14.6 Å². The maximum Gasteiger partial charge on any atom is 0.161 e. The minimum atomic E-state index is -2.80. The van der Waals surface area contributed by atoms with Crippen molar-refractivity contribution in [2.75, 3.05) is 26.0 Å². The molecule has 0 saturated carbocycles. The van der Waals surface area contributed by atoms with Gasteiger partial charge in [-0.25, -0.2) is 19.0 Å². The summed E-state index contributed by atoms with van der Waals surface area (Å²) in [5.74, 6) is 2.25. The Bertz CT molecular complexity index is 1210. The Morgan fingerprint density at radius 1 is 1.06 bits per heavy atom. The molecule has 32 heavy (non-hydrogen) atoms. The lowest BCUT2D eigenvalue weighted by molar-refractivity contribution is 0.170. The second-order valence-electron chi connectivity index (χ2n) is 8.31. The summed E-state index contributed by atoms with van der Waals surface area (Å²) in [5, 5.41) is 0. The summed E-state index contributed by atoms with van der Waals surface area (Å²) in [5.41, 5.74) is 3.41. The van der Waals surface area contributed by atoms with E-state index in [1.54, 1.807) is 0 Å². The van der Waals surface area contributed by atoms with Crippen molar-refractivity contribution < 1.29 is 13.7 Å². The zero-order chi connectivity index (χ0) is 22.1. The minimum absolute atomic E-state index is 0.345. The molecule has 3 aromatic rings. The van der Waals surface area contributed by atoms with Gasteiger partial charge in [-0.1, -0.05) is 30.3 Å². The number of benzene rings is 2. The molecular formula is C24H26N4O3S. The third-order valence-electron chi connectivity index (χ3n) is 5.99. The first-order valence-electron chi connectivity index (χ1n) is 10.8. The normalized spacial score (nSPS) is 20.1. The van der Waals surface area contributed by atoms with Crippen molar-refractivity contribution in [3.05, 3.63) is 66.0 Å². The smallest absolute Gasteiger partial charge is 0.161 e. The number of aromatic nitrogens is 2. The number of nitrogens with one attached hydrogen (secondary N) is 1. The van der Waals surface area contributed by atoms with E-state index in [1.165, 1.54) is 36.2 Å². The summed E-state index contributed by atoms with van der Waals surface area (Å²) < 4.78 is 30.9. The van der Waals surface area contributed by atoms with Crippen molar-refractivity contribution in [3.63, 3.8) is 0 Å². The van der Waals surface area contributed by atoms with E-state index in [0.717, 1.165) is 36.6 Å². The van der Waals surface area contributed by atoms with E-state index in [2.05, 4.69) is 39.1 Å². The molecule has 1 fully saturated rings. The van der Waals surface area contributed by atoms with Crippen LogP contribution in [0, 0.1) is 4.78 Å². The van der Waals surface area contributed by atoms with E-state index in [-0.39, 0.29) is 0 Å². The zero-order valence-electron chi connectivity index (χ0n) is 18.0. The molecule has 1 unspecified atom stereocenters. The molecule has 2 aromatic carbocycles. The molecule has 166 valence electrons. The SMILES string of the molecule is C[S@@](=N)(=O)c1cnc(-c2ccc(CN3CCCC3c3ccc4c(c3)OCCO4)cc2)nc1. The predicted octanol–water partition coefficient (Wildman–Crippen LogP) is 4.29. The van der Waals surface area contributed by atoms with Crippen molar-refractivity contribution in [2.24, 2.45) is 0 Å². The molecule has 0 spiro atoms. The molecule has 0 aliphatic carbocycles. The molecule has 1 N–H and O–H groups in total. The second kappa shape index (κ2) is 8.52. The summed E-state index contributed by atoms with van der Waals surface area (Å²) in [6.07, 6.45) is 6.64. The third kappa shape index (κ3) is 4.33. The molecule has 3 heterocycles. The molecule has 2 atom stereocenters. The minimum Gasteiger partial charge on any atom is -0.486 e. The molecule has 0 amide bonds. The highest BCUT2D eigenvalue weighted by molar-refractivity contribution is 7.91. The van der Waals surface area contributed by atoms with Crippen LogP contribution in [0.1, 0.15) is 30.0 Å². The number of rotatable bonds is 5. The number of fused-ring (bicyclic) bond motifs is 1. The van der Waals surface area contributed by atoms with E-state index < -0.39 is 9.73 Å². The van der Waals surface area contributed by atoms with Crippen LogP contribution in [-0.4, -0.2) is 45.1 Å². The van der Waals surface area contributed by atoms with Crippen LogP contribution in [0.2, 0.25) is 0 Å². The quantitative estimate of drug-likeness (QED) is 0.624.